The Bertz CT molecular complexity index is 186. The lowest BCUT2D eigenvalue weighted by Gasteiger charge is -2.51. The zero-order chi connectivity index (χ0) is 13.5. The average Bonchev–Trinajstić information content (AvgIpc) is 2.24. The van der Waals surface area contributed by atoms with Crippen LogP contribution in [-0.4, -0.2) is 12.1 Å². The normalized spacial score (nSPS) is 16.2. The summed E-state index contributed by atoms with van der Waals surface area (Å²) in [4.78, 5) is 0. The molecule has 1 heteroatoms. The molecule has 0 saturated heterocycles. The van der Waals surface area contributed by atoms with Crippen LogP contribution in [-0.2, 0) is 0 Å². The zero-order valence-electron chi connectivity index (χ0n) is 13.3. The topological polar surface area (TPSA) is 12.0 Å². The summed E-state index contributed by atoms with van der Waals surface area (Å²) >= 11 is 0. The van der Waals surface area contributed by atoms with Crippen molar-refractivity contribution >= 4 is 0 Å². The molecular formula is C16H35N. The first-order chi connectivity index (χ1) is 7.89. The number of hydrogen-bond donors (Lipinski definition) is 1. The molecule has 0 aliphatic carbocycles. The molecule has 1 atom stereocenters. The highest BCUT2D eigenvalue weighted by Gasteiger charge is 2.44. The Labute approximate surface area is 110 Å². The van der Waals surface area contributed by atoms with Crippen LogP contribution in [0.3, 0.4) is 0 Å². The maximum absolute atomic E-state index is 3.86. The zero-order valence-corrected chi connectivity index (χ0v) is 13.3. The van der Waals surface area contributed by atoms with Crippen molar-refractivity contribution < 1.29 is 0 Å². The minimum absolute atomic E-state index is 0.299. The second kappa shape index (κ2) is 7.41. The summed E-state index contributed by atoms with van der Waals surface area (Å²) in [6.07, 6.45) is 6.54. The largest absolute Gasteiger partial charge is 0.311 e. The van der Waals surface area contributed by atoms with Crippen molar-refractivity contribution in [1.82, 2.24) is 5.32 Å². The van der Waals surface area contributed by atoms with Crippen LogP contribution in [0.2, 0.25) is 0 Å². The third kappa shape index (κ3) is 3.98. The van der Waals surface area contributed by atoms with E-state index in [2.05, 4.69) is 53.8 Å². The highest BCUT2D eigenvalue weighted by Crippen LogP contribution is 2.43. The van der Waals surface area contributed by atoms with Gasteiger partial charge in [0.05, 0.1) is 0 Å². The Hall–Kier alpha value is -0.0400. The van der Waals surface area contributed by atoms with E-state index in [1.54, 1.807) is 0 Å². The van der Waals surface area contributed by atoms with E-state index in [9.17, 15) is 0 Å². The van der Waals surface area contributed by atoms with E-state index in [-0.39, 0.29) is 0 Å². The molecule has 0 amide bonds. The van der Waals surface area contributed by atoms with Crippen LogP contribution < -0.4 is 5.32 Å². The molecule has 0 heterocycles. The molecule has 0 aliphatic rings. The molecule has 0 aromatic carbocycles. The highest BCUT2D eigenvalue weighted by atomic mass is 15.0. The molecule has 104 valence electrons. The van der Waals surface area contributed by atoms with Gasteiger partial charge in [-0.25, -0.2) is 0 Å². The smallest absolute Gasteiger partial charge is 0.0255 e. The number of nitrogens with one attached hydrogen (secondary N) is 1. The first kappa shape index (κ1) is 17.0. The third-order valence-electron chi connectivity index (χ3n) is 4.36. The van der Waals surface area contributed by atoms with Crippen LogP contribution in [0.5, 0.6) is 0 Å². The van der Waals surface area contributed by atoms with Crippen molar-refractivity contribution in [2.45, 2.75) is 86.1 Å². The second-order valence-corrected chi connectivity index (χ2v) is 6.38. The summed E-state index contributed by atoms with van der Waals surface area (Å²) in [5, 5.41) is 3.86. The van der Waals surface area contributed by atoms with Gasteiger partial charge in [-0.05, 0) is 37.1 Å². The molecule has 0 aliphatic heterocycles. The molecule has 0 aromatic rings. The van der Waals surface area contributed by atoms with E-state index >= 15 is 0 Å². The SMILES string of the molecule is CCCC(CCC)C(CC)(NCC)C(C)(C)C. The maximum Gasteiger partial charge on any atom is 0.0255 e. The first-order valence-corrected chi connectivity index (χ1v) is 7.64. The fourth-order valence-electron chi connectivity index (χ4n) is 3.62. The van der Waals surface area contributed by atoms with Gasteiger partial charge in [0.2, 0.25) is 0 Å². The van der Waals surface area contributed by atoms with Gasteiger partial charge in [0.25, 0.3) is 0 Å². The molecule has 0 radical (unpaired) electrons. The molecule has 17 heavy (non-hydrogen) atoms. The molecule has 0 spiro atoms. The predicted molar refractivity (Wildman–Crippen MR) is 79.5 cm³/mol. The second-order valence-electron chi connectivity index (χ2n) is 6.38. The van der Waals surface area contributed by atoms with E-state index in [1.165, 1.54) is 32.1 Å². The molecule has 0 bridgehead atoms. The van der Waals surface area contributed by atoms with Gasteiger partial charge >= 0.3 is 0 Å². The van der Waals surface area contributed by atoms with Crippen LogP contribution in [0.4, 0.5) is 0 Å². The van der Waals surface area contributed by atoms with Gasteiger partial charge in [0, 0.05) is 5.54 Å². The van der Waals surface area contributed by atoms with Crippen LogP contribution in [0, 0.1) is 11.3 Å². The van der Waals surface area contributed by atoms with Gasteiger partial charge in [0.15, 0.2) is 0 Å². The Kier molecular flexibility index (Phi) is 7.39. The van der Waals surface area contributed by atoms with Crippen LogP contribution in [0.25, 0.3) is 0 Å². The molecule has 1 unspecified atom stereocenters. The van der Waals surface area contributed by atoms with Crippen molar-refractivity contribution in [3.8, 4) is 0 Å². The minimum Gasteiger partial charge on any atom is -0.311 e. The summed E-state index contributed by atoms with van der Waals surface area (Å²) < 4.78 is 0. The Morgan fingerprint density at radius 2 is 1.35 bits per heavy atom. The number of rotatable bonds is 8. The standard InChI is InChI=1S/C16H35N/c1-8-12-14(13-9-2)16(10-3,17-11-4)15(5,6)7/h14,17H,8-13H2,1-7H3. The van der Waals surface area contributed by atoms with E-state index < -0.39 is 0 Å². The highest BCUT2D eigenvalue weighted by molar-refractivity contribution is 5.01. The lowest BCUT2D eigenvalue weighted by atomic mass is 9.62. The summed E-state index contributed by atoms with van der Waals surface area (Å²) in [6.45, 7) is 17.5. The van der Waals surface area contributed by atoms with Crippen molar-refractivity contribution in [3.63, 3.8) is 0 Å². The van der Waals surface area contributed by atoms with Crippen molar-refractivity contribution in [2.75, 3.05) is 6.54 Å². The van der Waals surface area contributed by atoms with Crippen molar-refractivity contribution in [3.05, 3.63) is 0 Å². The van der Waals surface area contributed by atoms with Crippen molar-refractivity contribution in [1.29, 1.82) is 0 Å². The Morgan fingerprint density at radius 3 is 1.59 bits per heavy atom. The van der Waals surface area contributed by atoms with Crippen LogP contribution in [0.1, 0.15) is 80.6 Å². The van der Waals surface area contributed by atoms with Gasteiger partial charge < -0.3 is 5.32 Å². The van der Waals surface area contributed by atoms with E-state index in [1.807, 2.05) is 0 Å². The fraction of sp³-hybridized carbons (Fsp3) is 1.00. The summed E-state index contributed by atoms with van der Waals surface area (Å²) in [5.74, 6) is 0.808. The quantitative estimate of drug-likeness (QED) is 0.630. The van der Waals surface area contributed by atoms with Crippen LogP contribution >= 0.6 is 0 Å². The Morgan fingerprint density at radius 1 is 0.882 bits per heavy atom. The minimum atomic E-state index is 0.299. The maximum atomic E-state index is 3.86. The fourth-order valence-corrected chi connectivity index (χ4v) is 3.62. The first-order valence-electron chi connectivity index (χ1n) is 7.64. The van der Waals surface area contributed by atoms with Crippen LogP contribution in [0.15, 0.2) is 0 Å². The van der Waals surface area contributed by atoms with Gasteiger partial charge in [-0.1, -0.05) is 61.3 Å². The number of hydrogen-bond acceptors (Lipinski definition) is 1. The summed E-state index contributed by atoms with van der Waals surface area (Å²) in [5.41, 5.74) is 0.626. The summed E-state index contributed by atoms with van der Waals surface area (Å²) in [6, 6.07) is 0. The summed E-state index contributed by atoms with van der Waals surface area (Å²) in [7, 11) is 0. The molecule has 0 saturated carbocycles. The lowest BCUT2D eigenvalue weighted by molar-refractivity contribution is 0.0527. The Balaban J connectivity index is 5.20. The molecule has 0 aromatic heterocycles. The average molecular weight is 241 g/mol. The monoisotopic (exact) mass is 241 g/mol. The van der Waals surface area contributed by atoms with Gasteiger partial charge in [-0.15, -0.1) is 0 Å². The molecule has 1 nitrogen and oxygen atoms in total. The van der Waals surface area contributed by atoms with Gasteiger partial charge in [-0.3, -0.25) is 0 Å². The third-order valence-corrected chi connectivity index (χ3v) is 4.36. The van der Waals surface area contributed by atoms with Crippen molar-refractivity contribution in [2.24, 2.45) is 11.3 Å². The van der Waals surface area contributed by atoms with Gasteiger partial charge in [-0.2, -0.15) is 0 Å². The van der Waals surface area contributed by atoms with Gasteiger partial charge in [0.1, 0.15) is 0 Å². The molecule has 0 fully saturated rings. The van der Waals surface area contributed by atoms with E-state index in [0.717, 1.165) is 12.5 Å². The van der Waals surface area contributed by atoms with E-state index in [4.69, 9.17) is 0 Å². The molecule has 0 rings (SSSR count). The van der Waals surface area contributed by atoms with E-state index in [0.29, 0.717) is 11.0 Å². The molecular weight excluding hydrogens is 206 g/mol. The molecule has 1 N–H and O–H groups in total. The predicted octanol–water partition coefficient (Wildman–Crippen LogP) is 5.01. The lowest BCUT2D eigenvalue weighted by Crippen LogP contribution is -2.59.